The van der Waals surface area contributed by atoms with Gasteiger partial charge in [-0.25, -0.2) is 0 Å². The van der Waals surface area contributed by atoms with Gasteiger partial charge in [-0.2, -0.15) is 0 Å². The number of rotatable bonds is 4. The van der Waals surface area contributed by atoms with Gasteiger partial charge in [0, 0.05) is 6.04 Å². The van der Waals surface area contributed by atoms with E-state index in [1.165, 1.54) is 43.2 Å². The minimum absolute atomic E-state index is 0.320. The molecule has 0 saturated heterocycles. The van der Waals surface area contributed by atoms with Gasteiger partial charge in [0.05, 0.1) is 0 Å². The zero-order valence-electron chi connectivity index (χ0n) is 11.7. The van der Waals surface area contributed by atoms with Crippen LogP contribution in [0.25, 0.3) is 0 Å². The van der Waals surface area contributed by atoms with Gasteiger partial charge in [0.15, 0.2) is 0 Å². The van der Waals surface area contributed by atoms with E-state index >= 15 is 0 Å². The Bertz CT molecular complexity index is 375. The predicted octanol–water partition coefficient (Wildman–Crippen LogP) is 3.72. The maximum atomic E-state index is 5.84. The van der Waals surface area contributed by atoms with E-state index in [0.29, 0.717) is 12.0 Å². The van der Waals surface area contributed by atoms with Crippen LogP contribution in [0, 0.1) is 18.8 Å². The third-order valence-corrected chi connectivity index (χ3v) is 4.58. The summed E-state index contributed by atoms with van der Waals surface area (Å²) in [7, 11) is 0. The Kier molecular flexibility index (Phi) is 4.79. The molecule has 1 saturated carbocycles. The van der Waals surface area contributed by atoms with E-state index in [4.69, 9.17) is 5.84 Å². The third kappa shape index (κ3) is 2.93. The average Bonchev–Trinajstić information content (AvgIpc) is 2.42. The molecule has 3 N–H and O–H groups in total. The van der Waals surface area contributed by atoms with Gasteiger partial charge < -0.3 is 0 Å². The summed E-state index contributed by atoms with van der Waals surface area (Å²) >= 11 is 0. The molecular weight excluding hydrogens is 220 g/mol. The molecule has 0 radical (unpaired) electrons. The van der Waals surface area contributed by atoms with Crippen molar-refractivity contribution >= 4 is 0 Å². The summed E-state index contributed by atoms with van der Waals surface area (Å²) < 4.78 is 0. The van der Waals surface area contributed by atoms with Crippen LogP contribution >= 0.6 is 0 Å². The van der Waals surface area contributed by atoms with E-state index in [9.17, 15) is 0 Å². The Morgan fingerprint density at radius 2 is 2.11 bits per heavy atom. The van der Waals surface area contributed by atoms with Gasteiger partial charge >= 0.3 is 0 Å². The lowest BCUT2D eigenvalue weighted by molar-refractivity contribution is 0.209. The third-order valence-electron chi connectivity index (χ3n) is 4.58. The summed E-state index contributed by atoms with van der Waals surface area (Å²) in [5, 5.41) is 0. The van der Waals surface area contributed by atoms with Gasteiger partial charge in [-0.15, -0.1) is 0 Å². The van der Waals surface area contributed by atoms with E-state index in [1.54, 1.807) is 0 Å². The maximum Gasteiger partial charge on any atom is 0.0490 e. The van der Waals surface area contributed by atoms with E-state index in [0.717, 1.165) is 5.92 Å². The number of hydrogen-bond acceptors (Lipinski definition) is 2. The number of nitrogens with one attached hydrogen (secondary N) is 1. The molecule has 2 rings (SSSR count). The number of hydrogen-bond donors (Lipinski definition) is 2. The number of nitrogens with two attached hydrogens (primary N) is 1. The fourth-order valence-electron chi connectivity index (χ4n) is 3.42. The highest BCUT2D eigenvalue weighted by Crippen LogP contribution is 2.38. The summed E-state index contributed by atoms with van der Waals surface area (Å²) in [6.07, 6.45) is 6.69. The molecule has 0 amide bonds. The molecule has 3 atom stereocenters. The number of aryl methyl sites for hydroxylation is 1. The van der Waals surface area contributed by atoms with E-state index in [2.05, 4.69) is 43.5 Å². The second kappa shape index (κ2) is 6.35. The van der Waals surface area contributed by atoms with Gasteiger partial charge in [-0.1, -0.05) is 50.5 Å². The zero-order chi connectivity index (χ0) is 13.0. The molecule has 0 aliphatic heterocycles. The Labute approximate surface area is 111 Å². The molecule has 0 spiro atoms. The first-order valence-corrected chi connectivity index (χ1v) is 7.28. The van der Waals surface area contributed by atoms with E-state index in [1.807, 2.05) is 0 Å². The van der Waals surface area contributed by atoms with Crippen molar-refractivity contribution in [1.29, 1.82) is 0 Å². The number of hydrazine groups is 1. The first kappa shape index (κ1) is 13.6. The molecule has 2 nitrogen and oxygen atoms in total. The van der Waals surface area contributed by atoms with Crippen LogP contribution in [0.5, 0.6) is 0 Å². The molecule has 2 heteroatoms. The lowest BCUT2D eigenvalue weighted by Crippen LogP contribution is -2.36. The SMILES string of the molecule is CCC1CCCC(C(NN)c2ccccc2C)C1. The highest BCUT2D eigenvalue weighted by molar-refractivity contribution is 5.29. The second-order valence-corrected chi connectivity index (χ2v) is 5.70. The minimum atomic E-state index is 0.320. The normalized spacial score (nSPS) is 25.9. The van der Waals surface area contributed by atoms with Crippen molar-refractivity contribution < 1.29 is 0 Å². The molecule has 1 aromatic carbocycles. The van der Waals surface area contributed by atoms with Gasteiger partial charge in [-0.05, 0) is 42.7 Å². The van der Waals surface area contributed by atoms with Crippen molar-refractivity contribution in [2.45, 2.75) is 52.0 Å². The van der Waals surface area contributed by atoms with Gasteiger partial charge in [-0.3, -0.25) is 11.3 Å². The lowest BCUT2D eigenvalue weighted by Gasteiger charge is -2.34. The summed E-state index contributed by atoms with van der Waals surface area (Å²) in [4.78, 5) is 0. The minimum Gasteiger partial charge on any atom is -0.271 e. The quantitative estimate of drug-likeness (QED) is 0.628. The van der Waals surface area contributed by atoms with Crippen LogP contribution in [-0.2, 0) is 0 Å². The summed E-state index contributed by atoms with van der Waals surface area (Å²) in [5.41, 5.74) is 5.80. The second-order valence-electron chi connectivity index (χ2n) is 5.70. The topological polar surface area (TPSA) is 38.0 Å². The molecule has 1 aliphatic rings. The highest BCUT2D eigenvalue weighted by Gasteiger charge is 2.28. The van der Waals surface area contributed by atoms with Crippen molar-refractivity contribution in [3.63, 3.8) is 0 Å². The van der Waals surface area contributed by atoms with Crippen LogP contribution in [0.3, 0.4) is 0 Å². The molecular formula is C16H26N2. The lowest BCUT2D eigenvalue weighted by atomic mass is 9.75. The van der Waals surface area contributed by atoms with Gasteiger partial charge in [0.1, 0.15) is 0 Å². The molecule has 0 bridgehead atoms. The fourth-order valence-corrected chi connectivity index (χ4v) is 3.42. The summed E-state index contributed by atoms with van der Waals surface area (Å²) in [5.74, 6) is 7.42. The average molecular weight is 246 g/mol. The first-order chi connectivity index (χ1) is 8.76. The Morgan fingerprint density at radius 3 is 2.78 bits per heavy atom. The molecule has 18 heavy (non-hydrogen) atoms. The fraction of sp³-hybridized carbons (Fsp3) is 0.625. The van der Waals surface area contributed by atoms with Crippen LogP contribution in [0.2, 0.25) is 0 Å². The Balaban J connectivity index is 2.15. The standard InChI is InChI=1S/C16H26N2/c1-3-13-8-6-9-14(11-13)16(18-17)15-10-5-4-7-12(15)2/h4-5,7,10,13-14,16,18H,3,6,8-9,11,17H2,1-2H3. The van der Waals surface area contributed by atoms with Crippen LogP contribution < -0.4 is 11.3 Å². The van der Waals surface area contributed by atoms with Crippen molar-refractivity contribution in [1.82, 2.24) is 5.43 Å². The van der Waals surface area contributed by atoms with Crippen LogP contribution in [0.1, 0.15) is 56.2 Å². The molecule has 0 aromatic heterocycles. The monoisotopic (exact) mass is 246 g/mol. The summed E-state index contributed by atoms with van der Waals surface area (Å²) in [6.45, 7) is 4.49. The highest BCUT2D eigenvalue weighted by atomic mass is 15.2. The molecule has 1 aliphatic carbocycles. The zero-order valence-corrected chi connectivity index (χ0v) is 11.7. The smallest absolute Gasteiger partial charge is 0.0490 e. The van der Waals surface area contributed by atoms with Crippen LogP contribution in [-0.4, -0.2) is 0 Å². The predicted molar refractivity (Wildman–Crippen MR) is 77.0 cm³/mol. The van der Waals surface area contributed by atoms with Crippen molar-refractivity contribution in [2.75, 3.05) is 0 Å². The molecule has 0 heterocycles. The van der Waals surface area contributed by atoms with Crippen molar-refractivity contribution in [3.05, 3.63) is 35.4 Å². The van der Waals surface area contributed by atoms with Crippen LogP contribution in [0.4, 0.5) is 0 Å². The van der Waals surface area contributed by atoms with E-state index < -0.39 is 0 Å². The molecule has 1 fully saturated rings. The maximum absolute atomic E-state index is 5.84. The molecule has 1 aromatic rings. The van der Waals surface area contributed by atoms with Crippen LogP contribution in [0.15, 0.2) is 24.3 Å². The largest absolute Gasteiger partial charge is 0.271 e. The summed E-state index contributed by atoms with van der Waals surface area (Å²) in [6, 6.07) is 8.94. The Hall–Kier alpha value is -0.860. The Morgan fingerprint density at radius 1 is 1.33 bits per heavy atom. The molecule has 100 valence electrons. The number of benzene rings is 1. The van der Waals surface area contributed by atoms with E-state index in [-0.39, 0.29) is 0 Å². The van der Waals surface area contributed by atoms with Crippen molar-refractivity contribution in [3.8, 4) is 0 Å². The first-order valence-electron chi connectivity index (χ1n) is 7.28. The van der Waals surface area contributed by atoms with Crippen molar-refractivity contribution in [2.24, 2.45) is 17.7 Å². The van der Waals surface area contributed by atoms with Gasteiger partial charge in [0.25, 0.3) is 0 Å². The molecule has 3 unspecified atom stereocenters. The van der Waals surface area contributed by atoms with Gasteiger partial charge in [0.2, 0.25) is 0 Å².